The molecule has 0 atom stereocenters. The van der Waals surface area contributed by atoms with Crippen LogP contribution in [-0.4, -0.2) is 48.7 Å². The lowest BCUT2D eigenvalue weighted by Crippen LogP contribution is -2.47. The standard InChI is InChI=1S/C20H26N4/c1-17-8-10-18(11-9-17)16-21-20(22-19-6-4-3-5-7-19)24-14-12-23(2)13-15-24/h3-11H,12-16H2,1-2H3,(H,21,22)/p+1. The summed E-state index contributed by atoms with van der Waals surface area (Å²) in [4.78, 5) is 2.37. The number of nitrogens with one attached hydrogen (secondary N) is 2. The molecule has 0 unspecified atom stereocenters. The first-order chi connectivity index (χ1) is 11.7. The lowest BCUT2D eigenvalue weighted by Gasteiger charge is -2.25. The molecule has 1 heterocycles. The smallest absolute Gasteiger partial charge is 0.300 e. The molecule has 1 saturated heterocycles. The van der Waals surface area contributed by atoms with Gasteiger partial charge in [0, 0.05) is 13.1 Å². The van der Waals surface area contributed by atoms with Crippen molar-refractivity contribution in [3.63, 3.8) is 0 Å². The lowest BCUT2D eigenvalue weighted by atomic mass is 10.1. The third-order valence-electron chi connectivity index (χ3n) is 4.44. The molecule has 0 bridgehead atoms. The van der Waals surface area contributed by atoms with E-state index in [1.807, 2.05) is 6.07 Å². The number of rotatable bonds is 3. The molecule has 0 aromatic heterocycles. The Morgan fingerprint density at radius 2 is 1.67 bits per heavy atom. The predicted molar refractivity (Wildman–Crippen MR) is 101 cm³/mol. The topological polar surface area (TPSA) is 30.3 Å². The molecule has 0 saturated carbocycles. The molecular weight excluding hydrogens is 296 g/mol. The van der Waals surface area contributed by atoms with Crippen molar-refractivity contribution in [1.29, 1.82) is 0 Å². The average molecular weight is 323 g/mol. The first kappa shape index (κ1) is 16.5. The molecular formula is C20H27N4+. The Bertz CT molecular complexity index is 667. The van der Waals surface area contributed by atoms with Gasteiger partial charge < -0.3 is 4.90 Å². The van der Waals surface area contributed by atoms with Crippen LogP contribution in [0.3, 0.4) is 0 Å². The molecule has 4 heteroatoms. The van der Waals surface area contributed by atoms with E-state index in [-0.39, 0.29) is 0 Å². The van der Waals surface area contributed by atoms with Gasteiger partial charge in [0.05, 0.1) is 25.3 Å². The number of hydrogen-bond acceptors (Lipinski definition) is 1. The zero-order chi connectivity index (χ0) is 16.8. The van der Waals surface area contributed by atoms with Crippen LogP contribution < -0.4 is 10.6 Å². The zero-order valence-electron chi connectivity index (χ0n) is 14.6. The number of para-hydroxylation sites is 1. The van der Waals surface area contributed by atoms with Crippen LogP contribution in [0.25, 0.3) is 0 Å². The van der Waals surface area contributed by atoms with E-state index in [9.17, 15) is 0 Å². The highest BCUT2D eigenvalue weighted by Gasteiger charge is 2.18. The number of piperazine rings is 1. The van der Waals surface area contributed by atoms with Crippen molar-refractivity contribution in [3.05, 3.63) is 65.7 Å². The lowest BCUT2D eigenvalue weighted by molar-refractivity contribution is -0.541. The van der Waals surface area contributed by atoms with Crippen LogP contribution in [-0.2, 0) is 6.54 Å². The van der Waals surface area contributed by atoms with Gasteiger partial charge in [-0.05, 0) is 31.7 Å². The molecule has 3 rings (SSSR count). The summed E-state index contributed by atoms with van der Waals surface area (Å²) >= 11 is 0. The molecule has 2 aromatic rings. The molecule has 4 nitrogen and oxygen atoms in total. The summed E-state index contributed by atoms with van der Waals surface area (Å²) in [5.74, 6) is 1.09. The van der Waals surface area contributed by atoms with Crippen molar-refractivity contribution < 1.29 is 4.58 Å². The Morgan fingerprint density at radius 1 is 1.00 bits per heavy atom. The molecule has 24 heavy (non-hydrogen) atoms. The van der Waals surface area contributed by atoms with Crippen molar-refractivity contribution in [2.24, 2.45) is 0 Å². The number of aryl methyl sites for hydroxylation is 1. The van der Waals surface area contributed by atoms with E-state index < -0.39 is 0 Å². The Balaban J connectivity index is 1.74. The summed E-state index contributed by atoms with van der Waals surface area (Å²) in [6.45, 7) is 7.19. The van der Waals surface area contributed by atoms with Crippen LogP contribution in [0.15, 0.2) is 54.6 Å². The van der Waals surface area contributed by atoms with E-state index in [1.54, 1.807) is 0 Å². The highest BCUT2D eigenvalue weighted by atomic mass is 15.3. The molecule has 0 spiro atoms. The zero-order valence-corrected chi connectivity index (χ0v) is 14.6. The Hall–Kier alpha value is -2.33. The maximum absolute atomic E-state index is 3.60. The first-order valence-electron chi connectivity index (χ1n) is 8.62. The largest absolute Gasteiger partial charge is 0.351 e. The average Bonchev–Trinajstić information content (AvgIpc) is 2.62. The van der Waals surface area contributed by atoms with E-state index >= 15 is 0 Å². The summed E-state index contributed by atoms with van der Waals surface area (Å²) < 4.78 is 2.40. The second-order valence-electron chi connectivity index (χ2n) is 6.47. The van der Waals surface area contributed by atoms with Crippen LogP contribution in [0.2, 0.25) is 0 Å². The van der Waals surface area contributed by atoms with Gasteiger partial charge >= 0.3 is 5.96 Å². The summed E-state index contributed by atoms with van der Waals surface area (Å²) in [5.41, 5.74) is 3.70. The quantitative estimate of drug-likeness (QED) is 0.672. The first-order valence-corrected chi connectivity index (χ1v) is 8.62. The van der Waals surface area contributed by atoms with Gasteiger partial charge in [-0.3, -0.25) is 9.89 Å². The molecule has 1 fully saturated rings. The molecule has 2 aromatic carbocycles. The van der Waals surface area contributed by atoms with Gasteiger partial charge in [0.2, 0.25) is 0 Å². The van der Waals surface area contributed by atoms with Gasteiger partial charge in [0.1, 0.15) is 0 Å². The van der Waals surface area contributed by atoms with E-state index in [2.05, 4.69) is 82.6 Å². The Kier molecular flexibility index (Phi) is 5.49. The third kappa shape index (κ3) is 4.59. The second-order valence-corrected chi connectivity index (χ2v) is 6.47. The molecule has 1 aliphatic rings. The van der Waals surface area contributed by atoms with Gasteiger partial charge in [-0.1, -0.05) is 48.0 Å². The Labute approximate surface area is 144 Å². The number of nitrogens with zero attached hydrogens (tertiary/aromatic N) is 2. The van der Waals surface area contributed by atoms with Crippen molar-refractivity contribution in [1.82, 2.24) is 10.2 Å². The fraction of sp³-hybridized carbons (Fsp3) is 0.350. The normalized spacial score (nSPS) is 15.2. The monoisotopic (exact) mass is 323 g/mol. The van der Waals surface area contributed by atoms with E-state index in [4.69, 9.17) is 0 Å². The predicted octanol–water partition coefficient (Wildman–Crippen LogP) is 2.51. The number of likely N-dealkylation sites (N-methyl/N-ethyl adjacent to an activating group) is 1. The van der Waals surface area contributed by atoms with Crippen molar-refractivity contribution in [2.45, 2.75) is 13.5 Å². The minimum atomic E-state index is 0.821. The molecule has 0 aliphatic carbocycles. The van der Waals surface area contributed by atoms with Crippen LogP contribution in [0.4, 0.5) is 5.69 Å². The molecule has 126 valence electrons. The van der Waals surface area contributed by atoms with E-state index in [0.717, 1.165) is 44.4 Å². The van der Waals surface area contributed by atoms with Crippen LogP contribution in [0.5, 0.6) is 0 Å². The van der Waals surface area contributed by atoms with Crippen LogP contribution in [0, 0.1) is 6.92 Å². The fourth-order valence-electron chi connectivity index (χ4n) is 2.82. The minimum Gasteiger partial charge on any atom is -0.300 e. The summed E-state index contributed by atoms with van der Waals surface area (Å²) in [6, 6.07) is 19.1. The van der Waals surface area contributed by atoms with Gasteiger partial charge in [-0.2, -0.15) is 0 Å². The van der Waals surface area contributed by atoms with Gasteiger partial charge in [-0.15, -0.1) is 0 Å². The summed E-state index contributed by atoms with van der Waals surface area (Å²) in [7, 11) is 2.18. The van der Waals surface area contributed by atoms with E-state index in [0.29, 0.717) is 0 Å². The SMILES string of the molecule is Cc1ccc(CNC(Nc2ccccc2)=[N+]2CCN(C)CC2)cc1. The second kappa shape index (κ2) is 7.97. The molecule has 2 N–H and O–H groups in total. The van der Waals surface area contributed by atoms with Crippen molar-refractivity contribution in [3.8, 4) is 0 Å². The summed E-state index contributed by atoms with van der Waals surface area (Å²) in [5, 5.41) is 7.16. The fourth-order valence-corrected chi connectivity index (χ4v) is 2.82. The number of guanidine groups is 1. The highest BCUT2D eigenvalue weighted by molar-refractivity contribution is 5.89. The molecule has 0 radical (unpaired) electrons. The van der Waals surface area contributed by atoms with Crippen molar-refractivity contribution in [2.75, 3.05) is 38.5 Å². The number of anilines is 1. The third-order valence-corrected chi connectivity index (χ3v) is 4.44. The van der Waals surface area contributed by atoms with Crippen LogP contribution >= 0.6 is 0 Å². The summed E-state index contributed by atoms with van der Waals surface area (Å²) in [6.07, 6.45) is 0. The highest BCUT2D eigenvalue weighted by Crippen LogP contribution is 2.07. The van der Waals surface area contributed by atoms with Gasteiger partial charge in [-0.25, -0.2) is 5.32 Å². The number of hydrogen-bond donors (Lipinski definition) is 2. The van der Waals surface area contributed by atoms with Crippen molar-refractivity contribution >= 4 is 11.6 Å². The molecule has 1 aliphatic heterocycles. The van der Waals surface area contributed by atoms with E-state index in [1.165, 1.54) is 11.1 Å². The van der Waals surface area contributed by atoms with Gasteiger partial charge in [0.15, 0.2) is 0 Å². The van der Waals surface area contributed by atoms with Gasteiger partial charge in [0.25, 0.3) is 0 Å². The maximum atomic E-state index is 3.60. The van der Waals surface area contributed by atoms with Crippen LogP contribution in [0.1, 0.15) is 11.1 Å². The number of benzene rings is 2. The Morgan fingerprint density at radius 3 is 2.33 bits per heavy atom. The molecule has 0 amide bonds. The minimum absolute atomic E-state index is 0.821. The maximum Gasteiger partial charge on any atom is 0.351 e.